The number of carbonyl (C=O) groups is 1. The third-order valence-electron chi connectivity index (χ3n) is 4.54. The molecule has 0 spiro atoms. The molecule has 1 aliphatic heterocycles. The molecule has 1 fully saturated rings. The molecule has 6 heteroatoms. The van der Waals surface area contributed by atoms with E-state index in [1.54, 1.807) is 0 Å². The fourth-order valence-electron chi connectivity index (χ4n) is 3.22. The van der Waals surface area contributed by atoms with E-state index < -0.39 is 0 Å². The molecule has 1 aromatic carbocycles. The van der Waals surface area contributed by atoms with Gasteiger partial charge in [0.15, 0.2) is 0 Å². The Morgan fingerprint density at radius 3 is 2.84 bits per heavy atom. The van der Waals surface area contributed by atoms with Crippen molar-refractivity contribution < 1.29 is 4.79 Å². The molecule has 3 rings (SSSR count). The third kappa shape index (κ3) is 4.60. The normalized spacial score (nSPS) is 16.1. The van der Waals surface area contributed by atoms with Crippen LogP contribution in [0.4, 0.5) is 0 Å². The molecule has 0 radical (unpaired) electrons. The van der Waals surface area contributed by atoms with Crippen molar-refractivity contribution in [3.63, 3.8) is 0 Å². The fourth-order valence-corrected chi connectivity index (χ4v) is 4.38. The van der Waals surface area contributed by atoms with Crippen LogP contribution in [0.25, 0.3) is 10.6 Å². The van der Waals surface area contributed by atoms with Crippen LogP contribution in [0, 0.1) is 6.92 Å². The lowest BCUT2D eigenvalue weighted by Gasteiger charge is -2.31. The number of benzene rings is 1. The van der Waals surface area contributed by atoms with Crippen LogP contribution < -0.4 is 5.32 Å². The van der Waals surface area contributed by atoms with Crippen LogP contribution in [-0.4, -0.2) is 41.5 Å². The van der Waals surface area contributed by atoms with Crippen LogP contribution in [0.2, 0.25) is 5.02 Å². The van der Waals surface area contributed by atoms with Gasteiger partial charge in [-0.3, -0.25) is 4.79 Å². The maximum Gasteiger partial charge on any atom is 0.263 e. The smallest absolute Gasteiger partial charge is 0.263 e. The number of aryl methyl sites for hydroxylation is 1. The monoisotopic (exact) mass is 377 g/mol. The van der Waals surface area contributed by atoms with Gasteiger partial charge in [-0.15, -0.1) is 11.3 Å². The summed E-state index contributed by atoms with van der Waals surface area (Å²) in [5.41, 5.74) is 1.73. The highest BCUT2D eigenvalue weighted by Gasteiger charge is 2.23. The minimum Gasteiger partial charge on any atom is -0.348 e. The number of thiazole rings is 1. The maximum absolute atomic E-state index is 12.7. The average Bonchev–Trinajstić information content (AvgIpc) is 2.99. The lowest BCUT2D eigenvalue weighted by atomic mass is 10.0. The Labute approximate surface area is 158 Å². The number of hydrogen-bond donors (Lipinski definition) is 1. The van der Waals surface area contributed by atoms with Gasteiger partial charge in [0.2, 0.25) is 0 Å². The van der Waals surface area contributed by atoms with E-state index in [1.807, 2.05) is 31.2 Å². The summed E-state index contributed by atoms with van der Waals surface area (Å²) >= 11 is 7.49. The van der Waals surface area contributed by atoms with Crippen molar-refractivity contribution in [1.82, 2.24) is 15.2 Å². The maximum atomic E-state index is 12.7. The lowest BCUT2D eigenvalue weighted by molar-refractivity contribution is 0.0914. The van der Waals surface area contributed by atoms with E-state index in [0.29, 0.717) is 9.90 Å². The van der Waals surface area contributed by atoms with Gasteiger partial charge in [0, 0.05) is 29.7 Å². The second kappa shape index (κ2) is 8.30. The second-order valence-corrected chi connectivity index (χ2v) is 7.97. The van der Waals surface area contributed by atoms with Crippen LogP contribution in [0.5, 0.6) is 0 Å². The van der Waals surface area contributed by atoms with Gasteiger partial charge in [0.25, 0.3) is 5.91 Å². The van der Waals surface area contributed by atoms with Gasteiger partial charge in [-0.25, -0.2) is 4.98 Å². The molecule has 0 bridgehead atoms. The number of hydrogen-bond acceptors (Lipinski definition) is 4. The molecule has 0 saturated carbocycles. The average molecular weight is 378 g/mol. The van der Waals surface area contributed by atoms with E-state index in [2.05, 4.69) is 22.1 Å². The summed E-state index contributed by atoms with van der Waals surface area (Å²) in [5.74, 6) is -0.00257. The number of carbonyl (C=O) groups excluding carboxylic acids is 1. The van der Waals surface area contributed by atoms with Gasteiger partial charge in [-0.05, 0) is 44.9 Å². The van der Waals surface area contributed by atoms with Gasteiger partial charge in [0.1, 0.15) is 9.88 Å². The Bertz CT molecular complexity index is 738. The number of rotatable bonds is 5. The largest absolute Gasteiger partial charge is 0.348 e. The number of likely N-dealkylation sites (tertiary alicyclic amines) is 1. The summed E-state index contributed by atoms with van der Waals surface area (Å²) in [7, 11) is 0. The lowest BCUT2D eigenvalue weighted by Crippen LogP contribution is -2.44. The first-order chi connectivity index (χ1) is 12.1. The van der Waals surface area contributed by atoms with Crippen LogP contribution >= 0.6 is 22.9 Å². The second-order valence-electron chi connectivity index (χ2n) is 6.53. The van der Waals surface area contributed by atoms with Gasteiger partial charge in [-0.1, -0.05) is 30.7 Å². The molecule has 25 heavy (non-hydrogen) atoms. The molecule has 1 aliphatic rings. The van der Waals surface area contributed by atoms with Crippen molar-refractivity contribution in [3.05, 3.63) is 39.9 Å². The van der Waals surface area contributed by atoms with E-state index in [-0.39, 0.29) is 11.9 Å². The summed E-state index contributed by atoms with van der Waals surface area (Å²) in [4.78, 5) is 20.4. The molecule has 1 amide bonds. The SMILES string of the molecule is CCCN1CCC(NC(=O)c2sc(-c3cccc(Cl)c3)nc2C)CC1. The Balaban J connectivity index is 1.65. The van der Waals surface area contributed by atoms with E-state index in [1.165, 1.54) is 17.8 Å². The van der Waals surface area contributed by atoms with Crippen molar-refractivity contribution in [1.29, 1.82) is 0 Å². The molecule has 1 N–H and O–H groups in total. The molecule has 2 aromatic rings. The van der Waals surface area contributed by atoms with E-state index in [9.17, 15) is 4.79 Å². The van der Waals surface area contributed by atoms with E-state index in [0.717, 1.165) is 48.7 Å². The first-order valence-corrected chi connectivity index (χ1v) is 10.0. The highest BCUT2D eigenvalue weighted by atomic mass is 35.5. The van der Waals surface area contributed by atoms with Crippen LogP contribution in [0.3, 0.4) is 0 Å². The van der Waals surface area contributed by atoms with Gasteiger partial charge in [0.05, 0.1) is 5.69 Å². The minimum absolute atomic E-state index is 0.00257. The summed E-state index contributed by atoms with van der Waals surface area (Å²) in [6, 6.07) is 7.85. The van der Waals surface area contributed by atoms with Crippen LogP contribution in [0.1, 0.15) is 41.6 Å². The number of nitrogens with one attached hydrogen (secondary N) is 1. The van der Waals surface area contributed by atoms with Crippen molar-refractivity contribution in [2.45, 2.75) is 39.2 Å². The number of aromatic nitrogens is 1. The van der Waals surface area contributed by atoms with Crippen molar-refractivity contribution in [3.8, 4) is 10.6 Å². The Morgan fingerprint density at radius 2 is 2.16 bits per heavy atom. The zero-order valence-electron chi connectivity index (χ0n) is 14.7. The topological polar surface area (TPSA) is 45.2 Å². The molecule has 4 nitrogen and oxygen atoms in total. The zero-order chi connectivity index (χ0) is 17.8. The molecule has 0 unspecified atom stereocenters. The van der Waals surface area contributed by atoms with E-state index >= 15 is 0 Å². The molecular formula is C19H24ClN3OS. The summed E-state index contributed by atoms with van der Waals surface area (Å²) in [6.45, 7) is 7.38. The summed E-state index contributed by atoms with van der Waals surface area (Å²) in [5, 5.41) is 4.71. The first kappa shape index (κ1) is 18.4. The van der Waals surface area contributed by atoms with Crippen molar-refractivity contribution in [2.24, 2.45) is 0 Å². The zero-order valence-corrected chi connectivity index (χ0v) is 16.3. The minimum atomic E-state index is -0.00257. The van der Waals surface area contributed by atoms with Crippen molar-refractivity contribution in [2.75, 3.05) is 19.6 Å². The Hall–Kier alpha value is -1.43. The van der Waals surface area contributed by atoms with Crippen molar-refractivity contribution >= 4 is 28.8 Å². The number of piperidine rings is 1. The third-order valence-corrected chi connectivity index (χ3v) is 5.98. The molecular weight excluding hydrogens is 354 g/mol. The number of amides is 1. The Kier molecular flexibility index (Phi) is 6.10. The fraction of sp³-hybridized carbons (Fsp3) is 0.474. The predicted octanol–water partition coefficient (Wildman–Crippen LogP) is 4.38. The van der Waals surface area contributed by atoms with Crippen LogP contribution in [-0.2, 0) is 0 Å². The molecule has 134 valence electrons. The highest BCUT2D eigenvalue weighted by Crippen LogP contribution is 2.29. The molecule has 0 aliphatic carbocycles. The van der Waals surface area contributed by atoms with Gasteiger partial charge in [-0.2, -0.15) is 0 Å². The summed E-state index contributed by atoms with van der Waals surface area (Å²) < 4.78 is 0. The highest BCUT2D eigenvalue weighted by molar-refractivity contribution is 7.17. The van der Waals surface area contributed by atoms with Crippen LogP contribution in [0.15, 0.2) is 24.3 Å². The van der Waals surface area contributed by atoms with E-state index in [4.69, 9.17) is 11.6 Å². The molecule has 0 atom stereocenters. The predicted molar refractivity (Wildman–Crippen MR) is 105 cm³/mol. The quantitative estimate of drug-likeness (QED) is 0.841. The Morgan fingerprint density at radius 1 is 1.40 bits per heavy atom. The molecule has 1 saturated heterocycles. The first-order valence-electron chi connectivity index (χ1n) is 8.83. The molecule has 1 aromatic heterocycles. The number of halogens is 1. The molecule has 2 heterocycles. The van der Waals surface area contributed by atoms with Gasteiger partial charge >= 0.3 is 0 Å². The number of nitrogens with zero attached hydrogens (tertiary/aromatic N) is 2. The standard InChI is InChI=1S/C19H24ClN3OS/c1-3-9-23-10-7-16(8-11-23)22-18(24)17-13(2)21-19(25-17)14-5-4-6-15(20)12-14/h4-6,12,16H,3,7-11H2,1-2H3,(H,22,24). The van der Waals surface area contributed by atoms with Gasteiger partial charge < -0.3 is 10.2 Å². The summed E-state index contributed by atoms with van der Waals surface area (Å²) in [6.07, 6.45) is 3.22.